The molecule has 0 bridgehead atoms. The van der Waals surface area contributed by atoms with Crippen molar-refractivity contribution in [3.8, 4) is 0 Å². The minimum atomic E-state index is -0.432. The van der Waals surface area contributed by atoms with E-state index in [1.54, 1.807) is 17.8 Å². The molecular weight excluding hydrogens is 252 g/mol. The Hall–Kier alpha value is -1.47. The number of nitro groups is 1. The zero-order valence-electron chi connectivity index (χ0n) is 10.5. The second-order valence-electron chi connectivity index (χ2n) is 4.00. The largest absolute Gasteiger partial charge is 0.382 e. The fraction of sp³-hybridized carbons (Fsp3) is 0.455. The highest BCUT2D eigenvalue weighted by Crippen LogP contribution is 2.24. The van der Waals surface area contributed by atoms with Gasteiger partial charge in [0, 0.05) is 23.9 Å². The maximum absolute atomic E-state index is 10.8. The number of hydrogen-bond donors (Lipinski definition) is 3. The van der Waals surface area contributed by atoms with E-state index in [0.717, 1.165) is 12.2 Å². The number of nitrogen functional groups attached to an aromatic ring is 1. The number of anilines is 2. The molecule has 1 rings (SSSR count). The summed E-state index contributed by atoms with van der Waals surface area (Å²) in [5.41, 5.74) is 3.67. The monoisotopic (exact) mass is 270 g/mol. The Morgan fingerprint density at radius 2 is 2.11 bits per heavy atom. The average Bonchev–Trinajstić information content (AvgIpc) is 2.35. The number of rotatable bonds is 7. The summed E-state index contributed by atoms with van der Waals surface area (Å²) in [5.74, 6) is 6.34. The summed E-state index contributed by atoms with van der Waals surface area (Å²) < 4.78 is 0. The summed E-state index contributed by atoms with van der Waals surface area (Å²) in [6.07, 6.45) is 3.05. The quantitative estimate of drug-likeness (QED) is 0.400. The van der Waals surface area contributed by atoms with Gasteiger partial charge < -0.3 is 10.7 Å². The van der Waals surface area contributed by atoms with Gasteiger partial charge in [0.2, 0.25) is 0 Å². The zero-order chi connectivity index (χ0) is 13.5. The maximum Gasteiger partial charge on any atom is 0.273 e. The number of nitrogens with two attached hydrogens (primary N) is 1. The first-order valence-corrected chi connectivity index (χ1v) is 6.97. The molecule has 7 heteroatoms. The third-order valence-corrected chi connectivity index (χ3v) is 3.11. The molecule has 1 aromatic rings. The van der Waals surface area contributed by atoms with Crippen molar-refractivity contribution in [2.45, 2.75) is 19.4 Å². The van der Waals surface area contributed by atoms with Crippen molar-refractivity contribution in [1.82, 2.24) is 0 Å². The van der Waals surface area contributed by atoms with Crippen molar-refractivity contribution in [3.05, 3.63) is 28.3 Å². The van der Waals surface area contributed by atoms with Crippen LogP contribution in [0.1, 0.15) is 13.3 Å². The number of non-ortho nitro benzene ring substituents is 1. The van der Waals surface area contributed by atoms with Crippen LogP contribution < -0.4 is 16.6 Å². The van der Waals surface area contributed by atoms with Crippen LogP contribution in [0.15, 0.2) is 18.2 Å². The lowest BCUT2D eigenvalue weighted by Crippen LogP contribution is -2.16. The molecule has 0 aliphatic rings. The molecule has 0 aromatic heterocycles. The Kier molecular flexibility index (Phi) is 5.73. The number of hydrazine groups is 1. The van der Waals surface area contributed by atoms with Gasteiger partial charge in [0.15, 0.2) is 0 Å². The molecule has 0 amide bonds. The van der Waals surface area contributed by atoms with Crippen molar-refractivity contribution in [2.75, 3.05) is 22.8 Å². The fourth-order valence-corrected chi connectivity index (χ4v) is 2.12. The maximum atomic E-state index is 10.8. The zero-order valence-corrected chi connectivity index (χ0v) is 11.3. The molecular formula is C11H18N4O2S. The van der Waals surface area contributed by atoms with Gasteiger partial charge in [-0.05, 0) is 31.4 Å². The highest BCUT2D eigenvalue weighted by molar-refractivity contribution is 7.98. The number of benzene rings is 1. The molecule has 0 aliphatic carbocycles. The van der Waals surface area contributed by atoms with E-state index in [1.807, 2.05) is 6.92 Å². The van der Waals surface area contributed by atoms with E-state index in [1.165, 1.54) is 12.1 Å². The van der Waals surface area contributed by atoms with Gasteiger partial charge in [0.05, 0.1) is 10.6 Å². The third-order valence-electron chi connectivity index (χ3n) is 2.46. The van der Waals surface area contributed by atoms with Gasteiger partial charge in [0.1, 0.15) is 0 Å². The lowest BCUT2D eigenvalue weighted by atomic mass is 10.2. The van der Waals surface area contributed by atoms with Crippen molar-refractivity contribution in [3.63, 3.8) is 0 Å². The summed E-state index contributed by atoms with van der Waals surface area (Å²) in [7, 11) is 0. The summed E-state index contributed by atoms with van der Waals surface area (Å²) in [6, 6.07) is 4.92. The van der Waals surface area contributed by atoms with Crippen molar-refractivity contribution in [1.29, 1.82) is 0 Å². The van der Waals surface area contributed by atoms with Crippen LogP contribution in [-0.2, 0) is 0 Å². The van der Waals surface area contributed by atoms with Gasteiger partial charge in [-0.1, -0.05) is 0 Å². The van der Waals surface area contributed by atoms with E-state index in [4.69, 9.17) is 5.84 Å². The molecule has 0 aliphatic heterocycles. The Labute approximate surface area is 110 Å². The van der Waals surface area contributed by atoms with Crippen LogP contribution in [0.2, 0.25) is 0 Å². The Balaban J connectivity index is 2.81. The minimum absolute atomic E-state index is 0.0185. The van der Waals surface area contributed by atoms with Crippen LogP contribution in [0.5, 0.6) is 0 Å². The third kappa shape index (κ3) is 4.42. The van der Waals surface area contributed by atoms with E-state index in [0.29, 0.717) is 11.4 Å². The number of nitrogens with one attached hydrogen (secondary N) is 2. The van der Waals surface area contributed by atoms with E-state index >= 15 is 0 Å². The van der Waals surface area contributed by atoms with Gasteiger partial charge in [-0.3, -0.25) is 16.0 Å². The first-order chi connectivity index (χ1) is 8.56. The van der Waals surface area contributed by atoms with Crippen molar-refractivity contribution in [2.24, 2.45) is 5.84 Å². The molecule has 0 saturated carbocycles. The molecule has 4 N–H and O–H groups in total. The topological polar surface area (TPSA) is 93.2 Å². The first-order valence-electron chi connectivity index (χ1n) is 5.58. The lowest BCUT2D eigenvalue weighted by molar-refractivity contribution is -0.384. The molecule has 1 aromatic carbocycles. The molecule has 0 heterocycles. The molecule has 0 radical (unpaired) electrons. The smallest absolute Gasteiger partial charge is 0.273 e. The fourth-order valence-electron chi connectivity index (χ4n) is 1.53. The van der Waals surface area contributed by atoms with Gasteiger partial charge in [-0.2, -0.15) is 11.8 Å². The van der Waals surface area contributed by atoms with E-state index in [-0.39, 0.29) is 11.7 Å². The number of nitro benzene ring substituents is 1. The van der Waals surface area contributed by atoms with Gasteiger partial charge in [-0.15, -0.1) is 0 Å². The number of thioether (sulfide) groups is 1. The number of nitrogens with zero attached hydrogens (tertiary/aromatic N) is 1. The van der Waals surface area contributed by atoms with Crippen LogP contribution in [0.4, 0.5) is 17.1 Å². The van der Waals surface area contributed by atoms with Gasteiger partial charge in [-0.25, -0.2) is 0 Å². The van der Waals surface area contributed by atoms with Crippen LogP contribution in [0.3, 0.4) is 0 Å². The molecule has 1 unspecified atom stereocenters. The molecule has 1 atom stereocenters. The van der Waals surface area contributed by atoms with Crippen molar-refractivity contribution >= 4 is 28.8 Å². The Bertz CT molecular complexity index is 414. The summed E-state index contributed by atoms with van der Waals surface area (Å²) in [5, 5.41) is 14.0. The van der Waals surface area contributed by atoms with E-state index in [9.17, 15) is 10.1 Å². The lowest BCUT2D eigenvalue weighted by Gasteiger charge is -2.15. The standard InChI is InChI=1S/C11H18N4O2S/c1-8(3-4-18-2)13-9-5-10(14-12)7-11(6-9)15(16)17/h5-8,13-14H,3-4,12H2,1-2H3. The van der Waals surface area contributed by atoms with Crippen LogP contribution in [0.25, 0.3) is 0 Å². The Morgan fingerprint density at radius 1 is 1.44 bits per heavy atom. The van der Waals surface area contributed by atoms with Crippen molar-refractivity contribution < 1.29 is 4.92 Å². The molecule has 0 spiro atoms. The molecule has 18 heavy (non-hydrogen) atoms. The predicted molar refractivity (Wildman–Crippen MR) is 77.0 cm³/mol. The average molecular weight is 270 g/mol. The Morgan fingerprint density at radius 3 is 2.67 bits per heavy atom. The molecule has 6 nitrogen and oxygen atoms in total. The van der Waals surface area contributed by atoms with E-state index in [2.05, 4.69) is 17.0 Å². The minimum Gasteiger partial charge on any atom is -0.382 e. The SMILES string of the molecule is CSCCC(C)Nc1cc(NN)cc([N+](=O)[O-])c1. The second kappa shape index (κ2) is 7.07. The van der Waals surface area contributed by atoms with Crippen LogP contribution >= 0.6 is 11.8 Å². The summed E-state index contributed by atoms with van der Waals surface area (Å²) >= 11 is 1.78. The van der Waals surface area contributed by atoms with Crippen LogP contribution in [-0.4, -0.2) is 23.0 Å². The normalized spacial score (nSPS) is 11.9. The molecule has 0 fully saturated rings. The predicted octanol–water partition coefficient (Wildman–Crippen LogP) is 2.43. The van der Waals surface area contributed by atoms with E-state index < -0.39 is 4.92 Å². The van der Waals surface area contributed by atoms with Gasteiger partial charge in [0.25, 0.3) is 5.69 Å². The highest BCUT2D eigenvalue weighted by atomic mass is 32.2. The molecule has 0 saturated heterocycles. The second-order valence-corrected chi connectivity index (χ2v) is 4.98. The molecule has 100 valence electrons. The number of hydrogen-bond acceptors (Lipinski definition) is 6. The first kappa shape index (κ1) is 14.6. The summed E-state index contributed by atoms with van der Waals surface area (Å²) in [4.78, 5) is 10.4. The summed E-state index contributed by atoms with van der Waals surface area (Å²) in [6.45, 7) is 2.05. The van der Waals surface area contributed by atoms with Crippen LogP contribution in [0, 0.1) is 10.1 Å². The van der Waals surface area contributed by atoms with Gasteiger partial charge >= 0.3 is 0 Å². The highest BCUT2D eigenvalue weighted by Gasteiger charge is 2.10.